The molecule has 100 valence electrons. The fourth-order valence-corrected chi connectivity index (χ4v) is 1.73. The Hall–Kier alpha value is -1.86. The third kappa shape index (κ3) is 2.61. The highest BCUT2D eigenvalue weighted by atomic mass is 16.5. The molecule has 0 aromatic carbocycles. The van der Waals surface area contributed by atoms with Gasteiger partial charge in [-0.2, -0.15) is 4.98 Å². The van der Waals surface area contributed by atoms with Gasteiger partial charge in [0.25, 0.3) is 5.89 Å². The van der Waals surface area contributed by atoms with Crippen molar-refractivity contribution in [3.8, 4) is 11.6 Å². The Morgan fingerprint density at radius 1 is 1.32 bits per heavy atom. The summed E-state index contributed by atoms with van der Waals surface area (Å²) in [4.78, 5) is 12.5. The molecule has 0 amide bonds. The zero-order valence-electron chi connectivity index (χ0n) is 10.9. The molecular weight excluding hydrogens is 246 g/mol. The maximum atomic E-state index is 5.72. The molecular formula is C12H15N5O2. The summed E-state index contributed by atoms with van der Waals surface area (Å²) < 4.78 is 10.8. The molecule has 0 bridgehead atoms. The summed E-state index contributed by atoms with van der Waals surface area (Å²) in [6.07, 6.45) is 3.44. The van der Waals surface area contributed by atoms with Gasteiger partial charge in [-0.05, 0) is 19.4 Å². The molecule has 19 heavy (non-hydrogen) atoms. The van der Waals surface area contributed by atoms with Crippen LogP contribution in [0.4, 0.5) is 0 Å². The Bertz CT molecular complexity index is 562. The first-order valence-electron chi connectivity index (χ1n) is 6.11. The lowest BCUT2D eigenvalue weighted by Crippen LogP contribution is -2.58. The first-order valence-corrected chi connectivity index (χ1v) is 6.11. The van der Waals surface area contributed by atoms with Crippen LogP contribution in [0, 0.1) is 6.92 Å². The lowest BCUT2D eigenvalue weighted by atomic mass is 10.0. The molecule has 0 unspecified atom stereocenters. The van der Waals surface area contributed by atoms with Crippen LogP contribution in [0.1, 0.15) is 18.4 Å². The van der Waals surface area contributed by atoms with Crippen LogP contribution in [0.15, 0.2) is 16.9 Å². The third-order valence-electron chi connectivity index (χ3n) is 2.99. The second-order valence-corrected chi connectivity index (χ2v) is 4.94. The number of aryl methyl sites for hydroxylation is 1. The fraction of sp³-hybridized carbons (Fsp3) is 0.500. The van der Waals surface area contributed by atoms with E-state index >= 15 is 0 Å². The highest BCUT2D eigenvalue weighted by Gasteiger charge is 2.33. The van der Waals surface area contributed by atoms with Crippen LogP contribution >= 0.6 is 0 Å². The van der Waals surface area contributed by atoms with Gasteiger partial charge in [0.15, 0.2) is 0 Å². The zero-order chi connectivity index (χ0) is 13.3. The Morgan fingerprint density at radius 3 is 2.68 bits per heavy atom. The quantitative estimate of drug-likeness (QED) is 0.867. The molecule has 3 heterocycles. The summed E-state index contributed by atoms with van der Waals surface area (Å²) in [6.45, 7) is 5.96. The minimum Gasteiger partial charge on any atom is -0.363 e. The van der Waals surface area contributed by atoms with Gasteiger partial charge < -0.3 is 14.6 Å². The summed E-state index contributed by atoms with van der Waals surface area (Å²) in [7, 11) is 0. The number of nitrogens with zero attached hydrogens (tertiary/aromatic N) is 4. The van der Waals surface area contributed by atoms with Gasteiger partial charge in [-0.25, -0.2) is 9.97 Å². The van der Waals surface area contributed by atoms with Gasteiger partial charge in [-0.1, -0.05) is 5.16 Å². The van der Waals surface area contributed by atoms with E-state index in [1.165, 1.54) is 0 Å². The summed E-state index contributed by atoms with van der Waals surface area (Å²) in [5.41, 5.74) is 0.857. The smallest absolute Gasteiger partial charge is 0.253 e. The average molecular weight is 261 g/mol. The molecule has 0 spiro atoms. The maximum absolute atomic E-state index is 5.72. The first-order chi connectivity index (χ1) is 9.15. The van der Waals surface area contributed by atoms with E-state index in [1.807, 2.05) is 13.8 Å². The predicted octanol–water partition coefficient (Wildman–Crippen LogP) is 0.714. The summed E-state index contributed by atoms with van der Waals surface area (Å²) in [6, 6.07) is 0. The summed E-state index contributed by atoms with van der Waals surface area (Å²) >= 11 is 0. The second-order valence-electron chi connectivity index (χ2n) is 4.94. The average Bonchev–Trinajstić information content (AvgIpc) is 2.84. The van der Waals surface area contributed by atoms with Crippen molar-refractivity contribution in [1.82, 2.24) is 25.4 Å². The van der Waals surface area contributed by atoms with E-state index < -0.39 is 0 Å². The van der Waals surface area contributed by atoms with Gasteiger partial charge >= 0.3 is 0 Å². The maximum Gasteiger partial charge on any atom is 0.253 e. The minimum absolute atomic E-state index is 0.130. The molecule has 1 saturated heterocycles. The number of nitrogens with one attached hydrogen (secondary N) is 1. The van der Waals surface area contributed by atoms with E-state index in [-0.39, 0.29) is 5.60 Å². The molecule has 1 fully saturated rings. The highest BCUT2D eigenvalue weighted by molar-refractivity contribution is 5.40. The van der Waals surface area contributed by atoms with Crippen molar-refractivity contribution in [3.05, 3.63) is 23.8 Å². The van der Waals surface area contributed by atoms with Crippen LogP contribution in [0.3, 0.4) is 0 Å². The van der Waals surface area contributed by atoms with Crippen LogP contribution in [0.25, 0.3) is 11.6 Å². The van der Waals surface area contributed by atoms with Crippen molar-refractivity contribution < 1.29 is 9.26 Å². The minimum atomic E-state index is -0.130. The molecule has 7 nitrogen and oxygen atoms in total. The molecule has 0 aliphatic carbocycles. The fourth-order valence-electron chi connectivity index (χ4n) is 1.73. The SMILES string of the molecule is Cc1cnc(-c2noc(COC3(C)CNC3)n2)nc1. The van der Waals surface area contributed by atoms with Crippen molar-refractivity contribution in [2.75, 3.05) is 13.1 Å². The standard InChI is InChI=1S/C12H15N5O2/c1-8-3-14-10(15-4-8)11-16-9(19-17-11)5-18-12(2)6-13-7-12/h3-4,13H,5-7H2,1-2H3. The largest absolute Gasteiger partial charge is 0.363 e. The molecule has 2 aromatic heterocycles. The normalized spacial score (nSPS) is 17.2. The van der Waals surface area contributed by atoms with E-state index in [4.69, 9.17) is 9.26 Å². The Morgan fingerprint density at radius 2 is 2.05 bits per heavy atom. The predicted molar refractivity (Wildman–Crippen MR) is 66.1 cm³/mol. The first kappa shape index (κ1) is 12.2. The third-order valence-corrected chi connectivity index (χ3v) is 2.99. The number of rotatable bonds is 4. The van der Waals surface area contributed by atoms with Crippen LogP contribution in [-0.4, -0.2) is 38.8 Å². The van der Waals surface area contributed by atoms with Gasteiger partial charge in [0.2, 0.25) is 11.6 Å². The van der Waals surface area contributed by atoms with Gasteiger partial charge in [0.05, 0.1) is 5.60 Å². The number of aromatic nitrogens is 4. The van der Waals surface area contributed by atoms with E-state index in [0.29, 0.717) is 24.1 Å². The van der Waals surface area contributed by atoms with Crippen molar-refractivity contribution in [3.63, 3.8) is 0 Å². The lowest BCUT2D eigenvalue weighted by molar-refractivity contribution is -0.0841. The highest BCUT2D eigenvalue weighted by Crippen LogP contribution is 2.18. The Kier molecular flexibility index (Phi) is 3.00. The van der Waals surface area contributed by atoms with Crippen molar-refractivity contribution >= 4 is 0 Å². The van der Waals surface area contributed by atoms with Gasteiger partial charge in [-0.3, -0.25) is 0 Å². The van der Waals surface area contributed by atoms with E-state index in [2.05, 4.69) is 25.4 Å². The summed E-state index contributed by atoms with van der Waals surface area (Å²) in [5.74, 6) is 1.28. The molecule has 3 rings (SSSR count). The van der Waals surface area contributed by atoms with E-state index in [0.717, 1.165) is 18.7 Å². The molecule has 1 aliphatic heterocycles. The topological polar surface area (TPSA) is 86.0 Å². The summed E-state index contributed by atoms with van der Waals surface area (Å²) in [5, 5.41) is 7.02. The monoisotopic (exact) mass is 261 g/mol. The van der Waals surface area contributed by atoms with Crippen molar-refractivity contribution in [1.29, 1.82) is 0 Å². The van der Waals surface area contributed by atoms with E-state index in [1.54, 1.807) is 12.4 Å². The van der Waals surface area contributed by atoms with Crippen LogP contribution in [0.5, 0.6) is 0 Å². The number of hydrogen-bond donors (Lipinski definition) is 1. The van der Waals surface area contributed by atoms with Crippen LogP contribution in [0.2, 0.25) is 0 Å². The zero-order valence-corrected chi connectivity index (χ0v) is 10.9. The van der Waals surface area contributed by atoms with Gasteiger partial charge in [0.1, 0.15) is 6.61 Å². The number of ether oxygens (including phenoxy) is 1. The Balaban J connectivity index is 1.67. The second kappa shape index (κ2) is 4.67. The van der Waals surface area contributed by atoms with Crippen molar-refractivity contribution in [2.24, 2.45) is 0 Å². The molecule has 0 radical (unpaired) electrons. The Labute approximate surface area is 110 Å². The van der Waals surface area contributed by atoms with Crippen LogP contribution in [-0.2, 0) is 11.3 Å². The van der Waals surface area contributed by atoms with Gasteiger partial charge in [0, 0.05) is 25.5 Å². The molecule has 0 atom stereocenters. The molecule has 2 aromatic rings. The van der Waals surface area contributed by atoms with Gasteiger partial charge in [-0.15, -0.1) is 0 Å². The van der Waals surface area contributed by atoms with Crippen molar-refractivity contribution in [2.45, 2.75) is 26.1 Å². The number of hydrogen-bond acceptors (Lipinski definition) is 7. The molecule has 1 aliphatic rings. The lowest BCUT2D eigenvalue weighted by Gasteiger charge is -2.38. The molecule has 7 heteroatoms. The van der Waals surface area contributed by atoms with E-state index in [9.17, 15) is 0 Å². The van der Waals surface area contributed by atoms with Crippen LogP contribution < -0.4 is 5.32 Å². The molecule has 1 N–H and O–H groups in total. The molecule has 0 saturated carbocycles.